The summed E-state index contributed by atoms with van der Waals surface area (Å²) < 4.78 is 1.43. The molecule has 0 aliphatic carbocycles. The minimum atomic E-state index is -0.999. The maximum absolute atomic E-state index is 11.5. The van der Waals surface area contributed by atoms with E-state index in [1.165, 1.54) is 16.8 Å². The number of rotatable bonds is 4. The number of aromatic nitrogens is 1. The van der Waals surface area contributed by atoms with Gasteiger partial charge in [-0.1, -0.05) is 6.92 Å². The molecular formula is C14H20N2O4. The van der Waals surface area contributed by atoms with Crippen molar-refractivity contribution >= 4 is 5.97 Å². The predicted molar refractivity (Wildman–Crippen MR) is 73.7 cm³/mol. The summed E-state index contributed by atoms with van der Waals surface area (Å²) in [5.74, 6) is -0.698. The van der Waals surface area contributed by atoms with Crippen LogP contribution in [0.1, 0.15) is 25.5 Å². The van der Waals surface area contributed by atoms with Crippen LogP contribution in [0.5, 0.6) is 5.75 Å². The maximum Gasteiger partial charge on any atom is 0.323 e. The van der Waals surface area contributed by atoms with Gasteiger partial charge in [0.05, 0.1) is 6.20 Å². The number of carboxylic acid groups (broad SMARTS) is 1. The Balaban J connectivity index is 2.18. The normalized spacial score (nSPS) is 17.2. The Morgan fingerprint density at radius 2 is 2.05 bits per heavy atom. The summed E-state index contributed by atoms with van der Waals surface area (Å²) in [6, 6.07) is 1.33. The molecule has 1 saturated heterocycles. The van der Waals surface area contributed by atoms with Crippen molar-refractivity contribution in [2.24, 2.45) is 5.92 Å². The molecule has 20 heavy (non-hydrogen) atoms. The maximum atomic E-state index is 11.5. The first-order chi connectivity index (χ1) is 9.45. The summed E-state index contributed by atoms with van der Waals surface area (Å²) >= 11 is 0. The first-order valence-electron chi connectivity index (χ1n) is 6.82. The Morgan fingerprint density at radius 1 is 1.40 bits per heavy atom. The number of hydrogen-bond acceptors (Lipinski definition) is 4. The quantitative estimate of drug-likeness (QED) is 0.855. The van der Waals surface area contributed by atoms with Crippen molar-refractivity contribution < 1.29 is 15.0 Å². The van der Waals surface area contributed by atoms with Gasteiger partial charge >= 0.3 is 5.97 Å². The van der Waals surface area contributed by atoms with E-state index in [-0.39, 0.29) is 6.54 Å². The van der Waals surface area contributed by atoms with Gasteiger partial charge in [-0.25, -0.2) is 0 Å². The van der Waals surface area contributed by atoms with E-state index in [0.717, 1.165) is 25.9 Å². The number of aromatic hydroxyl groups is 1. The average Bonchev–Trinajstić information content (AvgIpc) is 2.37. The molecule has 2 N–H and O–H groups in total. The Bertz CT molecular complexity index is 545. The van der Waals surface area contributed by atoms with Gasteiger partial charge < -0.3 is 14.8 Å². The number of nitrogens with zero attached hydrogens (tertiary/aromatic N) is 2. The van der Waals surface area contributed by atoms with Crippen molar-refractivity contribution in [1.82, 2.24) is 9.47 Å². The number of likely N-dealkylation sites (tertiary alicyclic amines) is 1. The molecule has 0 bridgehead atoms. The van der Waals surface area contributed by atoms with E-state index in [9.17, 15) is 14.7 Å². The molecule has 1 aliphatic rings. The number of pyridine rings is 1. The molecular weight excluding hydrogens is 260 g/mol. The Morgan fingerprint density at radius 3 is 2.65 bits per heavy atom. The summed E-state index contributed by atoms with van der Waals surface area (Å²) in [5.41, 5.74) is 0.164. The highest BCUT2D eigenvalue weighted by Gasteiger charge is 2.18. The van der Waals surface area contributed by atoms with Crippen molar-refractivity contribution in [3.8, 4) is 5.75 Å². The van der Waals surface area contributed by atoms with Gasteiger partial charge in [0.25, 0.3) is 0 Å². The van der Waals surface area contributed by atoms with Gasteiger partial charge in [0.1, 0.15) is 6.54 Å². The molecule has 2 heterocycles. The first kappa shape index (κ1) is 14.6. The lowest BCUT2D eigenvalue weighted by atomic mass is 9.99. The van der Waals surface area contributed by atoms with Crippen LogP contribution in [-0.2, 0) is 17.9 Å². The van der Waals surface area contributed by atoms with Crippen LogP contribution < -0.4 is 5.43 Å². The van der Waals surface area contributed by atoms with Gasteiger partial charge in [-0.05, 0) is 31.8 Å². The molecule has 1 aromatic rings. The fourth-order valence-electron chi connectivity index (χ4n) is 2.48. The van der Waals surface area contributed by atoms with Crippen molar-refractivity contribution in [2.75, 3.05) is 13.1 Å². The molecule has 6 heteroatoms. The summed E-state index contributed by atoms with van der Waals surface area (Å²) in [5, 5.41) is 18.3. The van der Waals surface area contributed by atoms with Crippen LogP contribution in [0, 0.1) is 5.92 Å². The summed E-state index contributed by atoms with van der Waals surface area (Å²) in [4.78, 5) is 24.6. The third-order valence-corrected chi connectivity index (χ3v) is 3.76. The molecule has 1 aliphatic heterocycles. The minimum Gasteiger partial charge on any atom is -0.503 e. The van der Waals surface area contributed by atoms with E-state index < -0.39 is 17.1 Å². The largest absolute Gasteiger partial charge is 0.503 e. The lowest BCUT2D eigenvalue weighted by molar-refractivity contribution is -0.137. The summed E-state index contributed by atoms with van der Waals surface area (Å²) in [6.45, 7) is 4.40. The Kier molecular flexibility index (Phi) is 4.44. The van der Waals surface area contributed by atoms with Crippen molar-refractivity contribution in [1.29, 1.82) is 0 Å². The zero-order chi connectivity index (χ0) is 14.7. The fraction of sp³-hybridized carbons (Fsp3) is 0.571. The fourth-order valence-corrected chi connectivity index (χ4v) is 2.48. The van der Waals surface area contributed by atoms with E-state index >= 15 is 0 Å². The third kappa shape index (κ3) is 3.60. The van der Waals surface area contributed by atoms with E-state index in [4.69, 9.17) is 5.11 Å². The molecule has 0 atom stereocenters. The third-order valence-electron chi connectivity index (χ3n) is 3.76. The van der Waals surface area contributed by atoms with Crippen LogP contribution in [0.4, 0.5) is 0 Å². The summed E-state index contributed by atoms with van der Waals surface area (Å²) in [6.07, 6.45) is 3.43. The molecule has 2 rings (SSSR count). The monoisotopic (exact) mass is 280 g/mol. The van der Waals surface area contributed by atoms with Gasteiger partial charge in [-0.3, -0.25) is 14.5 Å². The van der Waals surface area contributed by atoms with Crippen molar-refractivity contribution in [3.63, 3.8) is 0 Å². The molecule has 0 aromatic carbocycles. The average molecular weight is 280 g/mol. The highest BCUT2D eigenvalue weighted by atomic mass is 16.4. The smallest absolute Gasteiger partial charge is 0.323 e. The highest BCUT2D eigenvalue weighted by Crippen LogP contribution is 2.18. The molecule has 0 unspecified atom stereocenters. The topological polar surface area (TPSA) is 82.8 Å². The molecule has 0 saturated carbocycles. The van der Waals surface area contributed by atoms with E-state index in [0.29, 0.717) is 18.2 Å². The molecule has 1 aromatic heterocycles. The zero-order valence-electron chi connectivity index (χ0n) is 11.6. The van der Waals surface area contributed by atoms with Crippen LogP contribution in [0.15, 0.2) is 17.1 Å². The molecule has 0 radical (unpaired) electrons. The number of carboxylic acids is 1. The minimum absolute atomic E-state index is 0.257. The first-order valence-corrected chi connectivity index (χ1v) is 6.82. The van der Waals surface area contributed by atoms with Crippen LogP contribution in [0.3, 0.4) is 0 Å². The van der Waals surface area contributed by atoms with Gasteiger partial charge in [0, 0.05) is 18.3 Å². The van der Waals surface area contributed by atoms with Gasteiger partial charge in [-0.2, -0.15) is 0 Å². The van der Waals surface area contributed by atoms with E-state index in [1.807, 2.05) is 0 Å². The highest BCUT2D eigenvalue weighted by molar-refractivity contribution is 5.66. The molecule has 1 fully saturated rings. The Hall–Kier alpha value is -1.82. The van der Waals surface area contributed by atoms with Crippen LogP contribution >= 0.6 is 0 Å². The number of piperidine rings is 1. The van der Waals surface area contributed by atoms with Crippen LogP contribution in [0.25, 0.3) is 0 Å². The van der Waals surface area contributed by atoms with Gasteiger partial charge in [0.2, 0.25) is 5.43 Å². The lowest BCUT2D eigenvalue weighted by Crippen LogP contribution is -2.34. The second-order valence-corrected chi connectivity index (χ2v) is 5.49. The van der Waals surface area contributed by atoms with Gasteiger partial charge in [-0.15, -0.1) is 0 Å². The molecule has 110 valence electrons. The van der Waals surface area contributed by atoms with Gasteiger partial charge in [0.15, 0.2) is 5.75 Å². The standard InChI is InChI=1S/C14H20N2O4/c1-10-2-4-15(5-3-10)7-11-6-12(17)13(18)8-16(11)9-14(19)20/h6,8,10,18H,2-5,7,9H2,1H3,(H,19,20). The lowest BCUT2D eigenvalue weighted by Gasteiger charge is -2.30. The number of carbonyl (C=O) groups is 1. The van der Waals surface area contributed by atoms with Crippen molar-refractivity contribution in [2.45, 2.75) is 32.9 Å². The Labute approximate surface area is 117 Å². The van der Waals surface area contributed by atoms with Crippen molar-refractivity contribution in [3.05, 3.63) is 28.2 Å². The van der Waals surface area contributed by atoms with Crippen LogP contribution in [-0.4, -0.2) is 38.7 Å². The molecule has 0 spiro atoms. The van der Waals surface area contributed by atoms with E-state index in [2.05, 4.69) is 11.8 Å². The number of aliphatic carboxylic acids is 1. The number of hydrogen-bond donors (Lipinski definition) is 2. The molecule has 0 amide bonds. The zero-order valence-corrected chi connectivity index (χ0v) is 11.6. The predicted octanol–water partition coefficient (Wildman–Crippen LogP) is 0.870. The van der Waals surface area contributed by atoms with Crippen LogP contribution in [0.2, 0.25) is 0 Å². The second-order valence-electron chi connectivity index (χ2n) is 5.49. The second kappa shape index (κ2) is 6.09. The SMILES string of the molecule is CC1CCN(Cc2cc(=O)c(O)cn2CC(=O)O)CC1. The molecule has 6 nitrogen and oxygen atoms in total. The summed E-state index contributed by atoms with van der Waals surface area (Å²) in [7, 11) is 0. The van der Waals surface area contributed by atoms with E-state index in [1.54, 1.807) is 0 Å².